The predicted molar refractivity (Wildman–Crippen MR) is 80.8 cm³/mol. The lowest BCUT2D eigenvalue weighted by Crippen LogP contribution is -2.13. The molecular weight excluding hydrogens is 252 g/mol. The Kier molecular flexibility index (Phi) is 5.53. The minimum Gasteiger partial charge on any atom is -0.386 e. The predicted octanol–water partition coefficient (Wildman–Crippen LogP) is 3.31. The molecule has 0 aliphatic heterocycles. The largest absolute Gasteiger partial charge is 0.386 e. The van der Waals surface area contributed by atoms with E-state index in [1.54, 1.807) is 0 Å². The van der Waals surface area contributed by atoms with Crippen molar-refractivity contribution in [3.63, 3.8) is 0 Å². The summed E-state index contributed by atoms with van der Waals surface area (Å²) in [6.07, 6.45) is -0.386. The Bertz CT molecular complexity index is 537. The third kappa shape index (κ3) is 4.30. The molecule has 2 aromatic carbocycles. The van der Waals surface area contributed by atoms with Gasteiger partial charge in [-0.15, -0.1) is 0 Å². The summed E-state index contributed by atoms with van der Waals surface area (Å²) in [6.45, 7) is 5.33. The quantitative estimate of drug-likeness (QED) is 0.787. The highest BCUT2D eigenvalue weighted by Crippen LogP contribution is 2.20. The van der Waals surface area contributed by atoms with Crippen molar-refractivity contribution in [3.8, 4) is 0 Å². The number of hydrogen-bond acceptors (Lipinski definition) is 3. The van der Waals surface area contributed by atoms with Crippen LogP contribution in [0.3, 0.4) is 0 Å². The molecule has 0 bridgehead atoms. The fourth-order valence-electron chi connectivity index (χ4n) is 2.05. The Morgan fingerprint density at radius 3 is 2.50 bits per heavy atom. The van der Waals surface area contributed by atoms with Gasteiger partial charge in [0.2, 0.25) is 0 Å². The van der Waals surface area contributed by atoms with Crippen molar-refractivity contribution < 1.29 is 14.6 Å². The van der Waals surface area contributed by atoms with Crippen LogP contribution in [0.4, 0.5) is 0 Å². The Labute approximate surface area is 120 Å². The van der Waals surface area contributed by atoms with Crippen molar-refractivity contribution in [1.29, 1.82) is 0 Å². The highest BCUT2D eigenvalue weighted by Gasteiger charge is 2.08. The SMILES string of the molecule is CC(C)OCCOCC(O)c1ccc2ccccc2c1. The number of fused-ring (bicyclic) bond motifs is 1. The van der Waals surface area contributed by atoms with Crippen molar-refractivity contribution in [1.82, 2.24) is 0 Å². The minimum atomic E-state index is -0.598. The molecule has 3 nitrogen and oxygen atoms in total. The average molecular weight is 274 g/mol. The number of hydrogen-bond donors (Lipinski definition) is 1. The molecule has 2 aromatic rings. The third-order valence-corrected chi connectivity index (χ3v) is 3.11. The lowest BCUT2D eigenvalue weighted by atomic mass is 10.0. The molecule has 0 spiro atoms. The fourth-order valence-corrected chi connectivity index (χ4v) is 2.05. The molecule has 0 aromatic heterocycles. The van der Waals surface area contributed by atoms with Gasteiger partial charge in [-0.05, 0) is 36.2 Å². The number of rotatable bonds is 7. The standard InChI is InChI=1S/C17H22O3/c1-13(2)20-10-9-19-12-17(18)16-8-7-14-5-3-4-6-15(14)11-16/h3-8,11,13,17-18H,9-10,12H2,1-2H3. The summed E-state index contributed by atoms with van der Waals surface area (Å²) in [5.74, 6) is 0. The van der Waals surface area contributed by atoms with Gasteiger partial charge in [0.15, 0.2) is 0 Å². The molecule has 3 heteroatoms. The van der Waals surface area contributed by atoms with Crippen LogP contribution in [0.2, 0.25) is 0 Å². The molecule has 1 atom stereocenters. The highest BCUT2D eigenvalue weighted by molar-refractivity contribution is 5.83. The summed E-state index contributed by atoms with van der Waals surface area (Å²) in [5, 5.41) is 12.4. The van der Waals surface area contributed by atoms with E-state index in [9.17, 15) is 5.11 Å². The Morgan fingerprint density at radius 1 is 1.00 bits per heavy atom. The van der Waals surface area contributed by atoms with Gasteiger partial charge in [-0.2, -0.15) is 0 Å². The minimum absolute atomic E-state index is 0.212. The molecule has 108 valence electrons. The van der Waals surface area contributed by atoms with Gasteiger partial charge >= 0.3 is 0 Å². The van der Waals surface area contributed by atoms with Crippen LogP contribution in [-0.4, -0.2) is 31.0 Å². The van der Waals surface area contributed by atoms with Crippen LogP contribution in [0.1, 0.15) is 25.5 Å². The van der Waals surface area contributed by atoms with E-state index in [1.165, 1.54) is 5.39 Å². The molecule has 0 radical (unpaired) electrons. The summed E-state index contributed by atoms with van der Waals surface area (Å²) in [5.41, 5.74) is 0.883. The molecule has 0 fully saturated rings. The fraction of sp³-hybridized carbons (Fsp3) is 0.412. The monoisotopic (exact) mass is 274 g/mol. The van der Waals surface area contributed by atoms with Crippen LogP contribution >= 0.6 is 0 Å². The van der Waals surface area contributed by atoms with Crippen molar-refractivity contribution >= 4 is 10.8 Å². The Morgan fingerprint density at radius 2 is 1.75 bits per heavy atom. The van der Waals surface area contributed by atoms with Gasteiger partial charge in [-0.3, -0.25) is 0 Å². The molecule has 2 rings (SSSR count). The molecule has 1 N–H and O–H groups in total. The van der Waals surface area contributed by atoms with Crippen molar-refractivity contribution in [2.45, 2.75) is 26.1 Å². The Hall–Kier alpha value is -1.42. The summed E-state index contributed by atoms with van der Waals surface area (Å²) in [4.78, 5) is 0. The second kappa shape index (κ2) is 7.39. The van der Waals surface area contributed by atoms with Gasteiger partial charge in [0.1, 0.15) is 6.10 Å². The van der Waals surface area contributed by atoms with Gasteiger partial charge in [-0.1, -0.05) is 36.4 Å². The van der Waals surface area contributed by atoms with Crippen LogP contribution in [0, 0.1) is 0 Å². The first-order valence-electron chi connectivity index (χ1n) is 7.03. The average Bonchev–Trinajstić information content (AvgIpc) is 2.46. The van der Waals surface area contributed by atoms with E-state index >= 15 is 0 Å². The maximum Gasteiger partial charge on any atom is 0.102 e. The van der Waals surface area contributed by atoms with E-state index in [0.29, 0.717) is 19.8 Å². The van der Waals surface area contributed by atoms with E-state index < -0.39 is 6.10 Å². The molecule has 0 saturated heterocycles. The number of benzene rings is 2. The lowest BCUT2D eigenvalue weighted by molar-refractivity contribution is -0.0110. The maximum absolute atomic E-state index is 10.1. The number of aliphatic hydroxyl groups is 1. The first-order chi connectivity index (χ1) is 9.66. The summed E-state index contributed by atoms with van der Waals surface area (Å²) >= 11 is 0. The smallest absolute Gasteiger partial charge is 0.102 e. The Balaban J connectivity index is 1.86. The first kappa shape index (κ1) is 15.0. The molecule has 1 unspecified atom stereocenters. The van der Waals surface area contributed by atoms with Crippen molar-refractivity contribution in [3.05, 3.63) is 48.0 Å². The molecule has 0 amide bonds. The summed E-state index contributed by atoms with van der Waals surface area (Å²) in [6, 6.07) is 14.1. The van der Waals surface area contributed by atoms with E-state index in [4.69, 9.17) is 9.47 Å². The van der Waals surface area contributed by atoms with Crippen LogP contribution in [0.25, 0.3) is 10.8 Å². The second-order valence-corrected chi connectivity index (χ2v) is 5.12. The molecule has 0 aliphatic rings. The van der Waals surface area contributed by atoms with Gasteiger partial charge < -0.3 is 14.6 Å². The van der Waals surface area contributed by atoms with Gasteiger partial charge in [0.05, 0.1) is 25.9 Å². The van der Waals surface area contributed by atoms with Crippen LogP contribution in [0.5, 0.6) is 0 Å². The van der Waals surface area contributed by atoms with Gasteiger partial charge in [-0.25, -0.2) is 0 Å². The van der Waals surface area contributed by atoms with Crippen molar-refractivity contribution in [2.75, 3.05) is 19.8 Å². The molecule has 0 heterocycles. The van der Waals surface area contributed by atoms with E-state index in [0.717, 1.165) is 10.9 Å². The summed E-state index contributed by atoms with van der Waals surface area (Å²) < 4.78 is 10.8. The molecule has 20 heavy (non-hydrogen) atoms. The van der Waals surface area contributed by atoms with Crippen LogP contribution in [-0.2, 0) is 9.47 Å². The lowest BCUT2D eigenvalue weighted by Gasteiger charge is -2.13. The van der Waals surface area contributed by atoms with E-state index in [1.807, 2.05) is 50.2 Å². The normalized spacial score (nSPS) is 13.0. The summed E-state index contributed by atoms with van der Waals surface area (Å²) in [7, 11) is 0. The zero-order valence-corrected chi connectivity index (χ0v) is 12.1. The molecule has 0 saturated carbocycles. The zero-order valence-electron chi connectivity index (χ0n) is 12.1. The van der Waals surface area contributed by atoms with E-state index in [-0.39, 0.29) is 6.10 Å². The third-order valence-electron chi connectivity index (χ3n) is 3.11. The number of ether oxygens (including phenoxy) is 2. The maximum atomic E-state index is 10.1. The van der Waals surface area contributed by atoms with Crippen LogP contribution in [0.15, 0.2) is 42.5 Å². The topological polar surface area (TPSA) is 38.7 Å². The van der Waals surface area contributed by atoms with Gasteiger partial charge in [0, 0.05) is 0 Å². The first-order valence-corrected chi connectivity index (χ1v) is 7.03. The number of aliphatic hydroxyl groups excluding tert-OH is 1. The zero-order chi connectivity index (χ0) is 14.4. The molecule has 0 aliphatic carbocycles. The molecular formula is C17H22O3. The second-order valence-electron chi connectivity index (χ2n) is 5.12. The van der Waals surface area contributed by atoms with Gasteiger partial charge in [0.25, 0.3) is 0 Å². The van der Waals surface area contributed by atoms with Crippen molar-refractivity contribution in [2.24, 2.45) is 0 Å². The highest BCUT2D eigenvalue weighted by atomic mass is 16.5. The van der Waals surface area contributed by atoms with E-state index in [2.05, 4.69) is 6.07 Å². The van der Waals surface area contributed by atoms with Crippen LogP contribution < -0.4 is 0 Å².